The van der Waals surface area contributed by atoms with Crippen LogP contribution >= 0.6 is 0 Å². The van der Waals surface area contributed by atoms with Crippen molar-refractivity contribution < 1.29 is 18.4 Å². The van der Waals surface area contributed by atoms with E-state index in [-0.39, 0.29) is 24.3 Å². The Balaban J connectivity index is 1.93. The van der Waals surface area contributed by atoms with Crippen LogP contribution in [0.25, 0.3) is 0 Å². The van der Waals surface area contributed by atoms with Crippen LogP contribution in [0.5, 0.6) is 0 Å². The molecule has 0 heterocycles. The van der Waals surface area contributed by atoms with Crippen molar-refractivity contribution in [3.05, 3.63) is 35.4 Å². The molecule has 25 heavy (non-hydrogen) atoms. The molecule has 1 aliphatic rings. The van der Waals surface area contributed by atoms with Crippen molar-refractivity contribution >= 4 is 12.2 Å². The SMILES string of the molecule is CC(C)(CNC(=O)C(N)C1CCC(C=O)CC1)c1ccc(F)cc1F. The van der Waals surface area contributed by atoms with Crippen molar-refractivity contribution in [3.8, 4) is 0 Å². The fourth-order valence-electron chi connectivity index (χ4n) is 3.41. The first kappa shape index (κ1) is 19.5. The molecule has 4 nitrogen and oxygen atoms in total. The van der Waals surface area contributed by atoms with Gasteiger partial charge in [0, 0.05) is 23.9 Å². The molecule has 3 N–H and O–H groups in total. The molecule has 6 heteroatoms. The topological polar surface area (TPSA) is 72.2 Å². The second kappa shape index (κ2) is 8.04. The molecule has 1 aromatic rings. The predicted octanol–water partition coefficient (Wildman–Crippen LogP) is 2.69. The molecule has 1 unspecified atom stereocenters. The molecule has 1 saturated carbocycles. The summed E-state index contributed by atoms with van der Waals surface area (Å²) in [6, 6.07) is 2.81. The molecule has 138 valence electrons. The molecule has 0 spiro atoms. The van der Waals surface area contributed by atoms with Gasteiger partial charge in [-0.3, -0.25) is 4.79 Å². The first-order valence-electron chi connectivity index (χ1n) is 8.68. The average Bonchev–Trinajstić information content (AvgIpc) is 2.58. The first-order valence-corrected chi connectivity index (χ1v) is 8.68. The lowest BCUT2D eigenvalue weighted by Gasteiger charge is -2.31. The van der Waals surface area contributed by atoms with Gasteiger partial charge in [-0.1, -0.05) is 19.9 Å². The highest BCUT2D eigenvalue weighted by molar-refractivity contribution is 5.82. The Bertz CT molecular complexity index is 626. The minimum absolute atomic E-state index is 0.0573. The third kappa shape index (κ3) is 4.84. The standard InChI is InChI=1S/C19H26F2N2O2/c1-19(2,15-8-7-14(20)9-16(15)21)11-23-18(25)17(22)13-5-3-12(10-24)4-6-13/h7-10,12-13,17H,3-6,11,22H2,1-2H3,(H,23,25). The summed E-state index contributed by atoms with van der Waals surface area (Å²) >= 11 is 0. The summed E-state index contributed by atoms with van der Waals surface area (Å²) in [6.45, 7) is 3.76. The third-order valence-electron chi connectivity index (χ3n) is 5.18. The number of hydrogen-bond acceptors (Lipinski definition) is 3. The van der Waals surface area contributed by atoms with Gasteiger partial charge >= 0.3 is 0 Å². The van der Waals surface area contributed by atoms with E-state index in [1.807, 2.05) is 0 Å². The van der Waals surface area contributed by atoms with Crippen molar-refractivity contribution in [2.75, 3.05) is 6.54 Å². The summed E-state index contributed by atoms with van der Waals surface area (Å²) < 4.78 is 27.1. The van der Waals surface area contributed by atoms with Gasteiger partial charge < -0.3 is 15.8 Å². The monoisotopic (exact) mass is 352 g/mol. The number of carbonyl (C=O) groups is 2. The molecule has 1 amide bonds. The Morgan fingerprint density at radius 2 is 1.96 bits per heavy atom. The quantitative estimate of drug-likeness (QED) is 0.773. The van der Waals surface area contributed by atoms with Crippen LogP contribution in [-0.4, -0.2) is 24.8 Å². The normalized spacial score (nSPS) is 22.3. The highest BCUT2D eigenvalue weighted by Gasteiger charge is 2.31. The molecule has 0 aliphatic heterocycles. The van der Waals surface area contributed by atoms with E-state index < -0.39 is 23.1 Å². The zero-order chi connectivity index (χ0) is 18.6. The summed E-state index contributed by atoms with van der Waals surface area (Å²) in [5.74, 6) is -1.40. The number of amides is 1. The number of benzene rings is 1. The van der Waals surface area contributed by atoms with Crippen LogP contribution < -0.4 is 11.1 Å². The largest absolute Gasteiger partial charge is 0.354 e. The summed E-state index contributed by atoms with van der Waals surface area (Å²) in [4.78, 5) is 23.2. The van der Waals surface area contributed by atoms with Gasteiger partial charge in [-0.25, -0.2) is 8.78 Å². The Morgan fingerprint density at radius 3 is 2.52 bits per heavy atom. The Labute approximate surface area is 147 Å². The molecule has 1 atom stereocenters. The molecule has 0 bridgehead atoms. The van der Waals surface area contributed by atoms with Crippen LogP contribution in [0, 0.1) is 23.5 Å². The zero-order valence-corrected chi connectivity index (χ0v) is 14.7. The highest BCUT2D eigenvalue weighted by atomic mass is 19.1. The minimum Gasteiger partial charge on any atom is -0.354 e. The third-order valence-corrected chi connectivity index (χ3v) is 5.18. The summed E-state index contributed by atoms with van der Waals surface area (Å²) in [5, 5.41) is 2.79. The van der Waals surface area contributed by atoms with Crippen LogP contribution in [0.15, 0.2) is 18.2 Å². The fraction of sp³-hybridized carbons (Fsp3) is 0.579. The molecule has 0 radical (unpaired) electrons. The molecule has 0 saturated heterocycles. The van der Waals surface area contributed by atoms with Gasteiger partial charge in [0.05, 0.1) is 6.04 Å². The number of nitrogens with two attached hydrogens (primary N) is 1. The van der Waals surface area contributed by atoms with E-state index >= 15 is 0 Å². The van der Waals surface area contributed by atoms with Crippen molar-refractivity contribution in [1.82, 2.24) is 5.32 Å². The number of hydrogen-bond donors (Lipinski definition) is 2. The van der Waals surface area contributed by atoms with Gasteiger partial charge in [-0.15, -0.1) is 0 Å². The van der Waals surface area contributed by atoms with E-state index in [4.69, 9.17) is 5.73 Å². The van der Waals surface area contributed by atoms with Crippen LogP contribution in [0.3, 0.4) is 0 Å². The van der Waals surface area contributed by atoms with Crippen LogP contribution in [0.4, 0.5) is 8.78 Å². The first-order chi connectivity index (χ1) is 11.7. The number of rotatable bonds is 6. The predicted molar refractivity (Wildman–Crippen MR) is 91.9 cm³/mol. The highest BCUT2D eigenvalue weighted by Crippen LogP contribution is 2.30. The van der Waals surface area contributed by atoms with Crippen molar-refractivity contribution in [3.63, 3.8) is 0 Å². The lowest BCUT2D eigenvalue weighted by atomic mass is 9.79. The smallest absolute Gasteiger partial charge is 0.237 e. The average molecular weight is 352 g/mol. The Kier molecular flexibility index (Phi) is 6.27. The van der Waals surface area contributed by atoms with Crippen molar-refractivity contribution in [1.29, 1.82) is 0 Å². The molecule has 2 rings (SSSR count). The second-order valence-corrected chi connectivity index (χ2v) is 7.56. The Hall–Kier alpha value is -1.82. The molecule has 0 aromatic heterocycles. The van der Waals surface area contributed by atoms with E-state index in [1.54, 1.807) is 13.8 Å². The van der Waals surface area contributed by atoms with E-state index in [2.05, 4.69) is 5.32 Å². The lowest BCUT2D eigenvalue weighted by molar-refractivity contribution is -0.124. The minimum atomic E-state index is -0.692. The molecule has 1 aliphatic carbocycles. The van der Waals surface area contributed by atoms with Gasteiger partial charge in [-0.05, 0) is 43.2 Å². The maximum atomic E-state index is 14.0. The van der Waals surface area contributed by atoms with Crippen LogP contribution in [-0.2, 0) is 15.0 Å². The lowest BCUT2D eigenvalue weighted by Crippen LogP contribution is -2.49. The Morgan fingerprint density at radius 1 is 1.32 bits per heavy atom. The second-order valence-electron chi connectivity index (χ2n) is 7.56. The molecule has 1 aromatic carbocycles. The van der Waals surface area contributed by atoms with E-state index in [1.165, 1.54) is 12.1 Å². The number of aldehydes is 1. The van der Waals surface area contributed by atoms with Gasteiger partial charge in [0.1, 0.15) is 17.9 Å². The van der Waals surface area contributed by atoms with Gasteiger partial charge in [-0.2, -0.15) is 0 Å². The van der Waals surface area contributed by atoms with E-state index in [0.717, 1.165) is 38.0 Å². The number of carbonyl (C=O) groups excluding carboxylic acids is 2. The number of nitrogens with one attached hydrogen (secondary N) is 1. The van der Waals surface area contributed by atoms with Crippen LogP contribution in [0.2, 0.25) is 0 Å². The maximum absolute atomic E-state index is 14.0. The van der Waals surface area contributed by atoms with Crippen molar-refractivity contribution in [2.24, 2.45) is 17.6 Å². The van der Waals surface area contributed by atoms with Gasteiger partial charge in [0.15, 0.2) is 0 Å². The van der Waals surface area contributed by atoms with Crippen molar-refractivity contribution in [2.45, 2.75) is 51.0 Å². The number of halogens is 2. The fourth-order valence-corrected chi connectivity index (χ4v) is 3.41. The van der Waals surface area contributed by atoms with E-state index in [9.17, 15) is 18.4 Å². The maximum Gasteiger partial charge on any atom is 0.237 e. The zero-order valence-electron chi connectivity index (χ0n) is 14.7. The van der Waals surface area contributed by atoms with E-state index in [0.29, 0.717) is 5.56 Å². The molecular formula is C19H26F2N2O2. The van der Waals surface area contributed by atoms with Gasteiger partial charge in [0.25, 0.3) is 0 Å². The summed E-state index contributed by atoms with van der Waals surface area (Å²) in [5.41, 5.74) is 5.72. The molecule has 1 fully saturated rings. The summed E-state index contributed by atoms with van der Waals surface area (Å²) in [6.07, 6.45) is 4.02. The van der Waals surface area contributed by atoms with Gasteiger partial charge in [0.2, 0.25) is 5.91 Å². The summed E-state index contributed by atoms with van der Waals surface area (Å²) in [7, 11) is 0. The molecular weight excluding hydrogens is 326 g/mol. The van der Waals surface area contributed by atoms with Crippen LogP contribution in [0.1, 0.15) is 45.1 Å².